The van der Waals surface area contributed by atoms with Crippen molar-refractivity contribution in [2.45, 2.75) is 26.9 Å². The molecule has 12 heteroatoms. The normalized spacial score (nSPS) is 11.3. The zero-order chi connectivity index (χ0) is 29.0. The van der Waals surface area contributed by atoms with E-state index in [-0.39, 0.29) is 22.9 Å². The Morgan fingerprint density at radius 2 is 1.43 bits per heavy atom. The van der Waals surface area contributed by atoms with Crippen molar-refractivity contribution in [2.24, 2.45) is 10.2 Å². The summed E-state index contributed by atoms with van der Waals surface area (Å²) in [6.45, 7) is 5.43. The molecule has 0 saturated carbocycles. The summed E-state index contributed by atoms with van der Waals surface area (Å²) < 4.78 is 41.1. The number of nitrogens with zero attached hydrogens (tertiary/aromatic N) is 5. The highest BCUT2D eigenvalue weighted by molar-refractivity contribution is 5.79. The number of nitro benzene ring substituents is 1. The second-order valence-corrected chi connectivity index (χ2v) is 8.91. The van der Waals surface area contributed by atoms with Gasteiger partial charge >= 0.3 is 6.18 Å². The van der Waals surface area contributed by atoms with Crippen LogP contribution in [-0.4, -0.2) is 9.91 Å². The molecular weight excluding hydrogens is 523 g/mol. The average molecular weight is 546 g/mol. The molecule has 3 aromatic carbocycles. The maximum Gasteiger partial charge on any atom is 0.418 e. The van der Waals surface area contributed by atoms with Gasteiger partial charge in [0.05, 0.1) is 21.7 Å². The number of non-ortho nitro benzene ring substituents is 1. The first-order valence-electron chi connectivity index (χ1n) is 11.9. The van der Waals surface area contributed by atoms with Crippen LogP contribution < -0.4 is 10.6 Å². The maximum atomic E-state index is 13.7. The second-order valence-electron chi connectivity index (χ2n) is 8.91. The summed E-state index contributed by atoms with van der Waals surface area (Å²) in [6.07, 6.45) is -4.92. The van der Waals surface area contributed by atoms with Gasteiger partial charge in [-0.1, -0.05) is 35.4 Å². The molecule has 0 amide bonds. The number of nitriles is 1. The average Bonchev–Trinajstić information content (AvgIpc) is 2.90. The monoisotopic (exact) mass is 545 g/mol. The van der Waals surface area contributed by atoms with Gasteiger partial charge in [-0.25, -0.2) is 4.98 Å². The van der Waals surface area contributed by atoms with Crippen LogP contribution in [0.5, 0.6) is 0 Å². The summed E-state index contributed by atoms with van der Waals surface area (Å²) in [5, 5.41) is 35.0. The van der Waals surface area contributed by atoms with Crippen LogP contribution in [0.1, 0.15) is 27.8 Å². The van der Waals surface area contributed by atoms with Gasteiger partial charge < -0.3 is 10.6 Å². The van der Waals surface area contributed by atoms with Crippen LogP contribution in [0.3, 0.4) is 0 Å². The highest BCUT2D eigenvalue weighted by Gasteiger charge is 2.35. The third kappa shape index (κ3) is 6.21. The number of benzene rings is 3. The Bertz CT molecular complexity index is 1640. The number of azo groups is 1. The fraction of sp³-hybridized carbons (Fsp3) is 0.143. The quantitative estimate of drug-likeness (QED) is 0.136. The summed E-state index contributed by atoms with van der Waals surface area (Å²) in [5.74, 6) is 0.345. The van der Waals surface area contributed by atoms with Crippen molar-refractivity contribution in [3.63, 3.8) is 0 Å². The molecule has 0 bridgehead atoms. The van der Waals surface area contributed by atoms with Crippen molar-refractivity contribution < 1.29 is 18.1 Å². The molecule has 0 aliphatic heterocycles. The van der Waals surface area contributed by atoms with E-state index in [0.29, 0.717) is 23.0 Å². The van der Waals surface area contributed by atoms with Crippen molar-refractivity contribution in [3.8, 4) is 6.07 Å². The molecular formula is C28H22F3N7O2. The fourth-order valence-corrected chi connectivity index (χ4v) is 3.73. The number of hydrogen-bond acceptors (Lipinski definition) is 8. The fourth-order valence-electron chi connectivity index (χ4n) is 3.73. The molecule has 1 aromatic heterocycles. The topological polar surface area (TPSA) is 129 Å². The van der Waals surface area contributed by atoms with Gasteiger partial charge in [0.25, 0.3) is 5.69 Å². The third-order valence-electron chi connectivity index (χ3n) is 5.91. The molecule has 0 unspecified atom stereocenters. The number of rotatable bonds is 7. The molecule has 9 nitrogen and oxygen atoms in total. The van der Waals surface area contributed by atoms with Crippen molar-refractivity contribution in [1.82, 2.24) is 4.98 Å². The molecule has 202 valence electrons. The number of nitrogens with one attached hydrogen (secondary N) is 2. The van der Waals surface area contributed by atoms with E-state index in [1.807, 2.05) is 50.2 Å². The molecule has 0 fully saturated rings. The van der Waals surface area contributed by atoms with Crippen LogP contribution in [0, 0.1) is 42.2 Å². The van der Waals surface area contributed by atoms with Crippen LogP contribution in [0.4, 0.5) is 53.2 Å². The summed E-state index contributed by atoms with van der Waals surface area (Å²) >= 11 is 0. The van der Waals surface area contributed by atoms with Gasteiger partial charge in [-0.05, 0) is 51.1 Å². The summed E-state index contributed by atoms with van der Waals surface area (Å²) in [5.41, 5.74) is 1.11. The SMILES string of the molecule is Cc1ccc(Nc2nc(Nc3ccc(C)cc3)c(N=Nc3ccc([N+](=O)[O-])cc3C(F)(F)F)c(C)c2C#N)cc1. The van der Waals surface area contributed by atoms with Gasteiger partial charge in [-0.2, -0.15) is 18.4 Å². The second kappa shape index (κ2) is 11.2. The van der Waals surface area contributed by atoms with Crippen molar-refractivity contribution in [1.29, 1.82) is 5.26 Å². The van der Waals surface area contributed by atoms with Gasteiger partial charge in [0.1, 0.15) is 11.8 Å². The lowest BCUT2D eigenvalue weighted by Crippen LogP contribution is -2.06. The number of aromatic nitrogens is 1. The van der Waals surface area contributed by atoms with Gasteiger partial charge in [0.15, 0.2) is 11.6 Å². The van der Waals surface area contributed by atoms with Crippen molar-refractivity contribution in [3.05, 3.63) is 105 Å². The Balaban J connectivity index is 1.86. The maximum absolute atomic E-state index is 13.7. The molecule has 4 rings (SSSR count). The van der Waals surface area contributed by atoms with E-state index in [1.165, 1.54) is 0 Å². The van der Waals surface area contributed by atoms with Crippen LogP contribution in [0.25, 0.3) is 0 Å². The Morgan fingerprint density at radius 3 is 1.93 bits per heavy atom. The zero-order valence-corrected chi connectivity index (χ0v) is 21.5. The Morgan fingerprint density at radius 1 is 0.875 bits per heavy atom. The van der Waals surface area contributed by atoms with Gasteiger partial charge in [-0.3, -0.25) is 10.1 Å². The van der Waals surface area contributed by atoms with E-state index < -0.39 is 28.0 Å². The van der Waals surface area contributed by atoms with Gasteiger partial charge in [0.2, 0.25) is 0 Å². The Labute approximate surface area is 227 Å². The summed E-state index contributed by atoms with van der Waals surface area (Å²) in [7, 11) is 0. The first-order chi connectivity index (χ1) is 19.0. The van der Waals surface area contributed by atoms with E-state index in [2.05, 4.69) is 31.9 Å². The molecule has 0 spiro atoms. The lowest BCUT2D eigenvalue weighted by Gasteiger charge is -2.16. The van der Waals surface area contributed by atoms with E-state index in [1.54, 1.807) is 19.1 Å². The molecule has 0 aliphatic carbocycles. The van der Waals surface area contributed by atoms with E-state index >= 15 is 0 Å². The lowest BCUT2D eigenvalue weighted by molar-refractivity contribution is -0.385. The van der Waals surface area contributed by atoms with Crippen LogP contribution in [0.2, 0.25) is 0 Å². The minimum absolute atomic E-state index is 0.0260. The molecule has 0 saturated heterocycles. The Kier molecular flexibility index (Phi) is 7.76. The number of halogens is 3. The summed E-state index contributed by atoms with van der Waals surface area (Å²) in [6, 6.07) is 19.0. The number of anilines is 4. The molecule has 1 heterocycles. The largest absolute Gasteiger partial charge is 0.418 e. The highest BCUT2D eigenvalue weighted by Crippen LogP contribution is 2.41. The van der Waals surface area contributed by atoms with Crippen LogP contribution in [0.15, 0.2) is 77.0 Å². The minimum atomic E-state index is -4.92. The first-order valence-corrected chi connectivity index (χ1v) is 11.9. The number of hydrogen-bond donors (Lipinski definition) is 2. The Hall–Kier alpha value is -5.31. The molecule has 2 N–H and O–H groups in total. The molecule has 0 aliphatic rings. The molecule has 4 aromatic rings. The lowest BCUT2D eigenvalue weighted by atomic mass is 10.1. The number of alkyl halides is 3. The number of nitro groups is 1. The highest BCUT2D eigenvalue weighted by atomic mass is 19.4. The van der Waals surface area contributed by atoms with E-state index in [9.17, 15) is 28.5 Å². The van der Waals surface area contributed by atoms with Crippen molar-refractivity contribution in [2.75, 3.05) is 10.6 Å². The van der Waals surface area contributed by atoms with Crippen molar-refractivity contribution >= 4 is 40.1 Å². The third-order valence-corrected chi connectivity index (χ3v) is 5.91. The van der Waals surface area contributed by atoms with E-state index in [0.717, 1.165) is 23.3 Å². The number of pyridine rings is 1. The van der Waals surface area contributed by atoms with Gasteiger partial charge in [0, 0.05) is 29.1 Å². The van der Waals surface area contributed by atoms with Crippen LogP contribution >= 0.6 is 0 Å². The van der Waals surface area contributed by atoms with Gasteiger partial charge in [-0.15, -0.1) is 10.2 Å². The predicted octanol–water partition coefficient (Wildman–Crippen LogP) is 8.71. The standard InChI is InChI=1S/C28H22F3N7O2/c1-16-4-8-19(9-5-16)33-26-22(15-32)18(3)25(27(35-26)34-20-10-6-17(2)7-11-20)37-36-24-13-12-21(38(39)40)14-23(24)28(29,30)31/h4-14H,1-3H3,(H2,33,34,35). The van der Waals surface area contributed by atoms with E-state index in [4.69, 9.17) is 0 Å². The first kappa shape index (κ1) is 27.7. The minimum Gasteiger partial charge on any atom is -0.339 e. The molecule has 0 radical (unpaired) electrons. The molecule has 0 atom stereocenters. The van der Waals surface area contributed by atoms with Crippen LogP contribution in [-0.2, 0) is 6.18 Å². The molecule has 40 heavy (non-hydrogen) atoms. The zero-order valence-electron chi connectivity index (χ0n) is 21.5. The summed E-state index contributed by atoms with van der Waals surface area (Å²) in [4.78, 5) is 14.7. The smallest absolute Gasteiger partial charge is 0.339 e. The predicted molar refractivity (Wildman–Crippen MR) is 145 cm³/mol. The number of aryl methyl sites for hydroxylation is 2.